The molecule has 4 rings (SSSR count). The summed E-state index contributed by atoms with van der Waals surface area (Å²) in [6, 6.07) is 0. The van der Waals surface area contributed by atoms with Crippen LogP contribution in [0.25, 0.3) is 0 Å². The van der Waals surface area contributed by atoms with E-state index in [9.17, 15) is 9.59 Å². The summed E-state index contributed by atoms with van der Waals surface area (Å²) in [7, 11) is 6.62. The summed E-state index contributed by atoms with van der Waals surface area (Å²) < 4.78 is 16.6. The average Bonchev–Trinajstić information content (AvgIpc) is 3.18. The third-order valence-corrected chi connectivity index (χ3v) is 7.86. The molecule has 0 radical (unpaired) electrons. The summed E-state index contributed by atoms with van der Waals surface area (Å²) in [5, 5.41) is -0.421. The minimum Gasteiger partial charge on any atom is -0.501 e. The van der Waals surface area contributed by atoms with Crippen molar-refractivity contribution in [1.29, 1.82) is 0 Å². The standard InChI is InChI=1S/C19H24ClNO5/c1-21-6-5-17-9-12(22)15(25-3)16(26-4)19(17,21)10-13(20)18(17)8-11(24-2)7-14(18)23/h7,13H,5-6,8-10H2,1-4H3. The Morgan fingerprint density at radius 2 is 1.88 bits per heavy atom. The molecule has 4 atom stereocenters. The fourth-order valence-electron chi connectivity index (χ4n) is 6.30. The van der Waals surface area contributed by atoms with Crippen LogP contribution in [-0.4, -0.2) is 62.3 Å². The molecule has 1 saturated heterocycles. The lowest BCUT2D eigenvalue weighted by atomic mass is 9.53. The van der Waals surface area contributed by atoms with E-state index >= 15 is 0 Å². The summed E-state index contributed by atoms with van der Waals surface area (Å²) >= 11 is 6.92. The first-order valence-corrected chi connectivity index (χ1v) is 9.28. The van der Waals surface area contributed by atoms with Gasteiger partial charge in [-0.1, -0.05) is 0 Å². The van der Waals surface area contributed by atoms with E-state index in [1.165, 1.54) is 7.11 Å². The summed E-state index contributed by atoms with van der Waals surface area (Å²) in [5.74, 6) is 1.24. The maximum atomic E-state index is 13.3. The molecule has 1 aliphatic heterocycles. The van der Waals surface area contributed by atoms with Gasteiger partial charge in [0.25, 0.3) is 0 Å². The Morgan fingerprint density at radius 1 is 1.15 bits per heavy atom. The molecule has 4 unspecified atom stereocenters. The summed E-state index contributed by atoms with van der Waals surface area (Å²) in [6.45, 7) is 0.762. The molecule has 7 heteroatoms. The van der Waals surface area contributed by atoms with Crippen molar-refractivity contribution in [3.05, 3.63) is 23.4 Å². The Hall–Kier alpha value is -1.53. The maximum absolute atomic E-state index is 13.3. The number of nitrogens with zero attached hydrogens (tertiary/aromatic N) is 1. The highest BCUT2D eigenvalue weighted by molar-refractivity contribution is 6.25. The number of ether oxygens (including phenoxy) is 3. The Labute approximate surface area is 158 Å². The van der Waals surface area contributed by atoms with Crippen LogP contribution in [-0.2, 0) is 23.8 Å². The molecule has 6 nitrogen and oxygen atoms in total. The number of alkyl halides is 1. The summed E-state index contributed by atoms with van der Waals surface area (Å²) in [4.78, 5) is 28.5. The van der Waals surface area contributed by atoms with Crippen molar-refractivity contribution in [2.75, 3.05) is 34.9 Å². The van der Waals surface area contributed by atoms with Crippen LogP contribution >= 0.6 is 11.6 Å². The number of halogens is 1. The molecule has 1 heterocycles. The number of hydrogen-bond acceptors (Lipinski definition) is 6. The Kier molecular flexibility index (Phi) is 3.77. The Balaban J connectivity index is 2.00. The van der Waals surface area contributed by atoms with Gasteiger partial charge in [0.15, 0.2) is 11.5 Å². The molecule has 0 amide bonds. The number of hydrogen-bond donors (Lipinski definition) is 0. The lowest BCUT2D eigenvalue weighted by Crippen LogP contribution is -2.60. The van der Waals surface area contributed by atoms with Gasteiger partial charge in [-0.15, -0.1) is 11.6 Å². The molecule has 4 aliphatic rings. The summed E-state index contributed by atoms with van der Waals surface area (Å²) in [6.07, 6.45) is 3.46. The number of likely N-dealkylation sites (N-methyl/N-ethyl adjacent to an activating group) is 1. The number of Topliss-reactive ketones (excluding diaryl/α,β-unsaturated/α-hetero) is 1. The van der Waals surface area contributed by atoms with E-state index in [4.69, 9.17) is 25.8 Å². The van der Waals surface area contributed by atoms with Crippen molar-refractivity contribution in [2.45, 2.75) is 36.6 Å². The molecule has 0 bridgehead atoms. The van der Waals surface area contributed by atoms with Gasteiger partial charge in [0.2, 0.25) is 11.5 Å². The molecular weight excluding hydrogens is 358 g/mol. The van der Waals surface area contributed by atoms with Crippen LogP contribution in [0.4, 0.5) is 0 Å². The lowest BCUT2D eigenvalue weighted by Gasteiger charge is -2.52. The average molecular weight is 382 g/mol. The van der Waals surface area contributed by atoms with Crippen LogP contribution in [0.1, 0.15) is 25.7 Å². The Morgan fingerprint density at radius 3 is 2.46 bits per heavy atom. The number of methoxy groups -OCH3 is 3. The van der Waals surface area contributed by atoms with Crippen molar-refractivity contribution in [3.8, 4) is 0 Å². The highest BCUT2D eigenvalue weighted by Crippen LogP contribution is 2.74. The predicted octanol–water partition coefficient (Wildman–Crippen LogP) is 2.02. The highest BCUT2D eigenvalue weighted by atomic mass is 35.5. The molecule has 0 aromatic heterocycles. The van der Waals surface area contributed by atoms with Crippen LogP contribution in [0.2, 0.25) is 0 Å². The van der Waals surface area contributed by atoms with Crippen LogP contribution in [0.15, 0.2) is 23.4 Å². The quantitative estimate of drug-likeness (QED) is 0.697. The topological polar surface area (TPSA) is 65.1 Å². The molecule has 0 N–H and O–H groups in total. The van der Waals surface area contributed by atoms with Crippen LogP contribution < -0.4 is 0 Å². The van der Waals surface area contributed by atoms with Gasteiger partial charge in [-0.25, -0.2) is 0 Å². The zero-order valence-electron chi connectivity index (χ0n) is 15.6. The molecule has 2 fully saturated rings. The number of allylic oxidation sites excluding steroid dienone is 3. The van der Waals surface area contributed by atoms with Gasteiger partial charge in [-0.3, -0.25) is 14.5 Å². The zero-order chi connectivity index (χ0) is 18.9. The fourth-order valence-corrected chi connectivity index (χ4v) is 6.92. The van der Waals surface area contributed by atoms with Crippen molar-refractivity contribution in [2.24, 2.45) is 10.8 Å². The smallest absolute Gasteiger partial charge is 0.201 e. The fraction of sp³-hybridized carbons (Fsp3) is 0.684. The molecule has 26 heavy (non-hydrogen) atoms. The van der Waals surface area contributed by atoms with Crippen molar-refractivity contribution < 1.29 is 23.8 Å². The normalized spacial score (nSPS) is 42.2. The van der Waals surface area contributed by atoms with E-state index in [-0.39, 0.29) is 23.7 Å². The van der Waals surface area contributed by atoms with E-state index in [2.05, 4.69) is 4.90 Å². The minimum absolute atomic E-state index is 0.0318. The number of ketones is 2. The first-order valence-electron chi connectivity index (χ1n) is 8.85. The van der Waals surface area contributed by atoms with Crippen LogP contribution in [0.3, 0.4) is 0 Å². The van der Waals surface area contributed by atoms with Crippen LogP contribution in [0, 0.1) is 10.8 Å². The first-order chi connectivity index (χ1) is 12.3. The lowest BCUT2D eigenvalue weighted by molar-refractivity contribution is -0.139. The second kappa shape index (κ2) is 5.49. The Bertz CT molecular complexity index is 761. The number of rotatable bonds is 3. The van der Waals surface area contributed by atoms with Crippen molar-refractivity contribution in [3.63, 3.8) is 0 Å². The summed E-state index contributed by atoms with van der Waals surface area (Å²) in [5.41, 5.74) is -2.11. The molecular formula is C19H24ClNO5. The van der Waals surface area contributed by atoms with Gasteiger partial charge in [0, 0.05) is 29.7 Å². The van der Waals surface area contributed by atoms with E-state index < -0.39 is 21.7 Å². The van der Waals surface area contributed by atoms with E-state index in [0.717, 1.165) is 6.54 Å². The van der Waals surface area contributed by atoms with E-state index in [1.807, 2.05) is 7.05 Å². The van der Waals surface area contributed by atoms with E-state index in [1.54, 1.807) is 20.3 Å². The van der Waals surface area contributed by atoms with Gasteiger partial charge >= 0.3 is 0 Å². The SMILES string of the molecule is COC1=CC(=O)C2(C1)C(Cl)CC13C(OC)=C(OC)C(=O)CC21CCN3C. The molecule has 0 aromatic rings. The zero-order valence-corrected chi connectivity index (χ0v) is 16.3. The number of carbonyl (C=O) groups is 2. The highest BCUT2D eigenvalue weighted by Gasteiger charge is 2.81. The maximum Gasteiger partial charge on any atom is 0.201 e. The van der Waals surface area contributed by atoms with Crippen molar-refractivity contribution in [1.82, 2.24) is 4.90 Å². The number of likely N-dealkylation sites (tertiary alicyclic amines) is 1. The second-order valence-electron chi connectivity index (χ2n) is 7.78. The van der Waals surface area contributed by atoms with Gasteiger partial charge in [0.05, 0.1) is 32.3 Å². The van der Waals surface area contributed by atoms with Gasteiger partial charge in [-0.05, 0) is 26.4 Å². The molecule has 0 aromatic carbocycles. The molecule has 1 saturated carbocycles. The van der Waals surface area contributed by atoms with Gasteiger partial charge in [-0.2, -0.15) is 0 Å². The predicted molar refractivity (Wildman–Crippen MR) is 94.5 cm³/mol. The van der Waals surface area contributed by atoms with E-state index in [0.29, 0.717) is 30.8 Å². The number of carbonyl (C=O) groups excluding carboxylic acids is 2. The van der Waals surface area contributed by atoms with Gasteiger partial charge in [0.1, 0.15) is 5.76 Å². The third-order valence-electron chi connectivity index (χ3n) is 7.33. The van der Waals surface area contributed by atoms with Gasteiger partial charge < -0.3 is 14.2 Å². The monoisotopic (exact) mass is 381 g/mol. The van der Waals surface area contributed by atoms with Crippen molar-refractivity contribution >= 4 is 23.2 Å². The third kappa shape index (κ3) is 1.64. The minimum atomic E-state index is -0.858. The first kappa shape index (κ1) is 17.9. The van der Waals surface area contributed by atoms with Crippen LogP contribution in [0.5, 0.6) is 0 Å². The molecule has 142 valence electrons. The molecule has 1 spiro atoms. The second-order valence-corrected chi connectivity index (χ2v) is 8.31. The largest absolute Gasteiger partial charge is 0.501 e. The molecule has 3 aliphatic carbocycles.